The third-order valence-electron chi connectivity index (χ3n) is 4.17. The van der Waals surface area contributed by atoms with Crippen LogP contribution in [0.4, 0.5) is 0 Å². The van der Waals surface area contributed by atoms with Crippen LogP contribution in [0.5, 0.6) is 17.2 Å². The lowest BCUT2D eigenvalue weighted by molar-refractivity contribution is 0.277. The van der Waals surface area contributed by atoms with Gasteiger partial charge in [0.1, 0.15) is 12.4 Å². The van der Waals surface area contributed by atoms with E-state index in [1.54, 1.807) is 6.20 Å². The van der Waals surface area contributed by atoms with Crippen LogP contribution < -0.4 is 9.47 Å². The number of aromatic nitrogens is 1. The van der Waals surface area contributed by atoms with Crippen molar-refractivity contribution in [3.8, 4) is 17.2 Å². The Balaban J connectivity index is 1.78. The van der Waals surface area contributed by atoms with E-state index < -0.39 is 0 Å². The lowest BCUT2D eigenvalue weighted by Crippen LogP contribution is -1.98. The number of fused-ring (bicyclic) bond motifs is 3. The predicted octanol–water partition coefficient (Wildman–Crippen LogP) is 3.76. The number of nitrogens with zero attached hydrogens (tertiary/aromatic N) is 1. The molecule has 116 valence electrons. The Labute approximate surface area is 134 Å². The van der Waals surface area contributed by atoms with Crippen LogP contribution in [-0.4, -0.2) is 16.7 Å². The molecule has 0 fully saturated rings. The summed E-state index contributed by atoms with van der Waals surface area (Å²) in [5.74, 6) is 1.70. The van der Waals surface area contributed by atoms with Crippen LogP contribution in [0.2, 0.25) is 0 Å². The van der Waals surface area contributed by atoms with Gasteiger partial charge in [-0.05, 0) is 12.5 Å². The van der Waals surface area contributed by atoms with Gasteiger partial charge in [0.2, 0.25) is 0 Å². The third kappa shape index (κ3) is 2.36. The van der Waals surface area contributed by atoms with E-state index >= 15 is 0 Å². The van der Waals surface area contributed by atoms with Crippen LogP contribution in [0.1, 0.15) is 16.7 Å². The molecule has 0 aliphatic carbocycles. The number of benzene rings is 2. The standard InChI is InChI=1S/C19H17NO3/c1-12-10-20-15-9-16(23-11-13-5-3-2-4-6-13)19-14(7-8-22-19)17(15)18(12)21/h2-6,9-10H,7-8,11H2,1H3,(H,20,21). The van der Waals surface area contributed by atoms with Crippen molar-refractivity contribution >= 4 is 10.9 Å². The van der Waals surface area contributed by atoms with E-state index in [0.29, 0.717) is 19.0 Å². The molecule has 0 saturated heterocycles. The number of ether oxygens (including phenoxy) is 2. The van der Waals surface area contributed by atoms with Crippen molar-refractivity contribution in [1.29, 1.82) is 0 Å². The molecule has 1 aliphatic rings. The van der Waals surface area contributed by atoms with Gasteiger partial charge in [0.25, 0.3) is 0 Å². The first kappa shape index (κ1) is 13.9. The summed E-state index contributed by atoms with van der Waals surface area (Å²) < 4.78 is 11.7. The van der Waals surface area contributed by atoms with Crippen LogP contribution >= 0.6 is 0 Å². The Morgan fingerprint density at radius 2 is 2.09 bits per heavy atom. The van der Waals surface area contributed by atoms with Crippen molar-refractivity contribution < 1.29 is 14.6 Å². The normalized spacial score (nSPS) is 12.9. The van der Waals surface area contributed by atoms with Crippen LogP contribution in [0.15, 0.2) is 42.6 Å². The second kappa shape index (κ2) is 5.47. The molecule has 4 nitrogen and oxygen atoms in total. The lowest BCUT2D eigenvalue weighted by Gasteiger charge is -2.13. The summed E-state index contributed by atoms with van der Waals surface area (Å²) in [6.45, 7) is 2.92. The maximum atomic E-state index is 10.4. The average molecular weight is 307 g/mol. The van der Waals surface area contributed by atoms with Crippen LogP contribution in [0.3, 0.4) is 0 Å². The first-order valence-electron chi connectivity index (χ1n) is 7.67. The Morgan fingerprint density at radius 1 is 1.26 bits per heavy atom. The average Bonchev–Trinajstić information content (AvgIpc) is 3.06. The van der Waals surface area contributed by atoms with Gasteiger partial charge in [-0.2, -0.15) is 0 Å². The molecule has 0 atom stereocenters. The molecule has 3 aromatic rings. The van der Waals surface area contributed by atoms with E-state index in [1.165, 1.54) is 0 Å². The van der Waals surface area contributed by atoms with Gasteiger partial charge < -0.3 is 14.6 Å². The predicted molar refractivity (Wildman–Crippen MR) is 88.1 cm³/mol. The first-order chi connectivity index (χ1) is 11.2. The molecule has 0 amide bonds. The molecule has 0 bridgehead atoms. The molecular formula is C19H17NO3. The van der Waals surface area contributed by atoms with E-state index in [1.807, 2.05) is 43.3 Å². The monoisotopic (exact) mass is 307 g/mol. The van der Waals surface area contributed by atoms with Gasteiger partial charge in [-0.15, -0.1) is 0 Å². The Kier molecular flexibility index (Phi) is 3.30. The lowest BCUT2D eigenvalue weighted by atomic mass is 10.0. The fourth-order valence-electron chi connectivity index (χ4n) is 2.96. The molecule has 1 aliphatic heterocycles. The zero-order valence-electron chi connectivity index (χ0n) is 12.9. The summed E-state index contributed by atoms with van der Waals surface area (Å²) in [5, 5.41) is 11.2. The van der Waals surface area contributed by atoms with E-state index in [0.717, 1.165) is 39.8 Å². The second-order valence-electron chi connectivity index (χ2n) is 5.74. The van der Waals surface area contributed by atoms with E-state index in [9.17, 15) is 5.11 Å². The molecule has 4 heteroatoms. The summed E-state index contributed by atoms with van der Waals surface area (Å²) in [5.41, 5.74) is 3.59. The molecule has 0 unspecified atom stereocenters. The fourth-order valence-corrected chi connectivity index (χ4v) is 2.96. The highest BCUT2D eigenvalue weighted by Crippen LogP contribution is 2.44. The van der Waals surface area contributed by atoms with Crippen LogP contribution in [0, 0.1) is 6.92 Å². The van der Waals surface area contributed by atoms with Crippen LogP contribution in [0.25, 0.3) is 10.9 Å². The summed E-state index contributed by atoms with van der Waals surface area (Å²) in [6.07, 6.45) is 2.44. The summed E-state index contributed by atoms with van der Waals surface area (Å²) in [6, 6.07) is 11.9. The Morgan fingerprint density at radius 3 is 2.91 bits per heavy atom. The Hall–Kier alpha value is -2.75. The van der Waals surface area contributed by atoms with Gasteiger partial charge in [0.05, 0.1) is 12.1 Å². The Bertz CT molecular complexity index is 875. The van der Waals surface area contributed by atoms with E-state index in [-0.39, 0.29) is 5.75 Å². The zero-order valence-corrected chi connectivity index (χ0v) is 12.9. The van der Waals surface area contributed by atoms with Crippen molar-refractivity contribution in [1.82, 2.24) is 4.98 Å². The first-order valence-corrected chi connectivity index (χ1v) is 7.67. The van der Waals surface area contributed by atoms with Gasteiger partial charge in [0.15, 0.2) is 11.5 Å². The van der Waals surface area contributed by atoms with Gasteiger partial charge in [-0.1, -0.05) is 30.3 Å². The quantitative estimate of drug-likeness (QED) is 0.800. The van der Waals surface area contributed by atoms with Gasteiger partial charge in [-0.3, -0.25) is 4.98 Å². The van der Waals surface area contributed by atoms with Gasteiger partial charge in [-0.25, -0.2) is 0 Å². The number of hydrogen-bond acceptors (Lipinski definition) is 4. The number of hydrogen-bond donors (Lipinski definition) is 1. The zero-order chi connectivity index (χ0) is 15.8. The molecular weight excluding hydrogens is 290 g/mol. The van der Waals surface area contributed by atoms with E-state index in [4.69, 9.17) is 9.47 Å². The summed E-state index contributed by atoms with van der Waals surface area (Å²) in [7, 11) is 0. The highest BCUT2D eigenvalue weighted by atomic mass is 16.5. The largest absolute Gasteiger partial charge is 0.507 e. The molecule has 0 spiro atoms. The number of pyridine rings is 1. The number of rotatable bonds is 3. The third-order valence-corrected chi connectivity index (χ3v) is 4.17. The molecule has 1 aromatic heterocycles. The van der Waals surface area contributed by atoms with Crippen molar-refractivity contribution in [2.45, 2.75) is 20.0 Å². The highest BCUT2D eigenvalue weighted by molar-refractivity contribution is 5.93. The number of aryl methyl sites for hydroxylation is 1. The second-order valence-corrected chi connectivity index (χ2v) is 5.74. The molecule has 0 saturated carbocycles. The molecule has 23 heavy (non-hydrogen) atoms. The molecule has 2 aromatic carbocycles. The molecule has 0 radical (unpaired) electrons. The van der Waals surface area contributed by atoms with E-state index in [2.05, 4.69) is 4.98 Å². The smallest absolute Gasteiger partial charge is 0.165 e. The topological polar surface area (TPSA) is 51.6 Å². The maximum absolute atomic E-state index is 10.4. The highest BCUT2D eigenvalue weighted by Gasteiger charge is 2.24. The van der Waals surface area contributed by atoms with Gasteiger partial charge >= 0.3 is 0 Å². The summed E-state index contributed by atoms with van der Waals surface area (Å²) in [4.78, 5) is 4.44. The molecule has 4 rings (SSSR count). The van der Waals surface area contributed by atoms with Crippen molar-refractivity contribution in [2.75, 3.05) is 6.61 Å². The SMILES string of the molecule is Cc1cnc2cc(OCc3ccccc3)c3c(c2c1O)CCO3. The molecule has 2 heterocycles. The maximum Gasteiger partial charge on any atom is 0.165 e. The fraction of sp³-hybridized carbons (Fsp3) is 0.211. The van der Waals surface area contributed by atoms with Crippen molar-refractivity contribution in [2.24, 2.45) is 0 Å². The minimum Gasteiger partial charge on any atom is -0.507 e. The van der Waals surface area contributed by atoms with Crippen molar-refractivity contribution in [3.05, 3.63) is 59.3 Å². The molecule has 1 N–H and O–H groups in total. The van der Waals surface area contributed by atoms with Gasteiger partial charge in [0, 0.05) is 35.2 Å². The minimum absolute atomic E-state index is 0.284. The number of aromatic hydroxyl groups is 1. The summed E-state index contributed by atoms with van der Waals surface area (Å²) >= 11 is 0. The minimum atomic E-state index is 0.284. The van der Waals surface area contributed by atoms with Crippen LogP contribution in [-0.2, 0) is 13.0 Å². The van der Waals surface area contributed by atoms with Crippen molar-refractivity contribution in [3.63, 3.8) is 0 Å².